The monoisotopic (exact) mass is 1120 g/mol. The third kappa shape index (κ3) is 16.6. The van der Waals surface area contributed by atoms with Gasteiger partial charge in [-0.05, 0) is 160 Å². The highest BCUT2D eigenvalue weighted by atomic mass is 16.6. The van der Waals surface area contributed by atoms with Crippen molar-refractivity contribution in [1.82, 2.24) is 15.3 Å². The van der Waals surface area contributed by atoms with Crippen LogP contribution >= 0.6 is 0 Å². The van der Waals surface area contributed by atoms with Crippen LogP contribution in [0.5, 0.6) is 0 Å². The summed E-state index contributed by atoms with van der Waals surface area (Å²) < 4.78 is 33.0. The molecule has 0 bridgehead atoms. The van der Waals surface area contributed by atoms with Crippen LogP contribution in [0.1, 0.15) is 160 Å². The minimum atomic E-state index is -0.679. The maximum Gasteiger partial charge on any atom is 0.337 e. The number of aromatic amines is 2. The summed E-state index contributed by atoms with van der Waals surface area (Å²) in [6.45, 7) is 27.8. The molecular weight excluding hydrogens is 1040 g/mol. The molecule has 1 saturated heterocycles. The highest BCUT2D eigenvalue weighted by Crippen LogP contribution is 2.47. The largest absolute Gasteiger partial charge is 0.466 e. The van der Waals surface area contributed by atoms with Crippen LogP contribution in [-0.2, 0) is 57.2 Å². The van der Waals surface area contributed by atoms with Crippen molar-refractivity contribution < 1.29 is 62.0 Å². The zero-order valence-corrected chi connectivity index (χ0v) is 49.9. The molecule has 16 nitrogen and oxygen atoms in total. The number of carbonyl (C=O) groups is 7. The number of esters is 4. The van der Waals surface area contributed by atoms with Gasteiger partial charge in [0.05, 0.1) is 53.8 Å². The standard InChI is InChI=1S/C33H38N2O5.C14H16O3.C10H18O4.C9H7NO/c1-8-38-31(36)30-25(17-39-33(5,6)7)35-24-16-26(27-19(3)14-18(2)15-20(27)4)40-32(37)29(24)28(30)22-10-9-11-23-21(22)12-13-34-23;1-8-4-9(2)14(10(3)5-8)12-6-11(15)7-13(16)17-12;1-5-13-9(12)6-8(11)7-14-10(2,3)4;11-6-7-2-1-3-9-8(7)4-5-10-9/h9-15,26,28,34-35H,8,16-17H2,1-7H3;4-5,12H,6-7H2,1-3H3;5-7H2,1-4H3;1-6,10H. The minimum Gasteiger partial charge on any atom is -0.466 e. The Morgan fingerprint density at radius 1 is 0.671 bits per heavy atom. The highest BCUT2D eigenvalue weighted by molar-refractivity contribution is 6.03. The topological polar surface area (TPSA) is 218 Å². The van der Waals surface area contributed by atoms with Crippen molar-refractivity contribution in [2.45, 2.75) is 152 Å². The molecule has 1 fully saturated rings. The van der Waals surface area contributed by atoms with E-state index in [0.29, 0.717) is 36.3 Å². The number of cyclic esters (lactones) is 2. The van der Waals surface area contributed by atoms with E-state index in [-0.39, 0.29) is 49.8 Å². The Labute approximate surface area is 480 Å². The lowest BCUT2D eigenvalue weighted by Gasteiger charge is -2.38. The number of aryl methyl sites for hydroxylation is 6. The summed E-state index contributed by atoms with van der Waals surface area (Å²) >= 11 is 0. The first-order valence-electron chi connectivity index (χ1n) is 27.7. The van der Waals surface area contributed by atoms with Crippen molar-refractivity contribution in [2.24, 2.45) is 0 Å². The average molecular weight is 1120 g/mol. The van der Waals surface area contributed by atoms with E-state index in [0.717, 1.165) is 78.3 Å². The van der Waals surface area contributed by atoms with Crippen molar-refractivity contribution in [3.8, 4) is 0 Å². The van der Waals surface area contributed by atoms with Crippen molar-refractivity contribution in [2.75, 3.05) is 26.4 Å². The number of hydrogen-bond donors (Lipinski definition) is 3. The summed E-state index contributed by atoms with van der Waals surface area (Å²) in [5, 5.41) is 5.38. The number of aromatic nitrogens is 2. The van der Waals surface area contributed by atoms with E-state index in [1.54, 1.807) is 13.8 Å². The van der Waals surface area contributed by atoms with Gasteiger partial charge in [0, 0.05) is 58.3 Å². The molecule has 3 aliphatic rings. The number of hydrogen-bond acceptors (Lipinski definition) is 14. The number of nitrogens with one attached hydrogen (secondary N) is 3. The van der Waals surface area contributed by atoms with Gasteiger partial charge in [0.25, 0.3) is 0 Å². The third-order valence-corrected chi connectivity index (χ3v) is 13.7. The van der Waals surface area contributed by atoms with E-state index in [9.17, 15) is 33.6 Å². The van der Waals surface area contributed by atoms with E-state index >= 15 is 0 Å². The van der Waals surface area contributed by atoms with Gasteiger partial charge < -0.3 is 43.7 Å². The number of ketones is 2. The number of ether oxygens (including phenoxy) is 6. The van der Waals surface area contributed by atoms with Crippen molar-refractivity contribution in [3.05, 3.63) is 163 Å². The molecular formula is C66H79N3O13. The Hall–Kier alpha value is -7.95. The second-order valence-electron chi connectivity index (χ2n) is 22.7. The van der Waals surface area contributed by atoms with Gasteiger partial charge in [-0.3, -0.25) is 24.0 Å². The molecule has 16 heteroatoms. The van der Waals surface area contributed by atoms with Gasteiger partial charge in [0.1, 0.15) is 37.4 Å². The second kappa shape index (κ2) is 27.7. The summed E-state index contributed by atoms with van der Waals surface area (Å²) in [7, 11) is 0. The number of fused-ring (bicyclic) bond motifs is 2. The number of benzene rings is 4. The summed E-state index contributed by atoms with van der Waals surface area (Å²) in [6, 6.07) is 23.7. The highest BCUT2D eigenvalue weighted by Gasteiger charge is 2.45. The number of carbonyl (C=O) groups excluding carboxylic acids is 7. The molecule has 0 amide bonds. The Bertz CT molecular complexity index is 3350. The zero-order chi connectivity index (χ0) is 60.2. The zero-order valence-electron chi connectivity index (χ0n) is 49.9. The molecule has 6 aromatic rings. The molecule has 9 rings (SSSR count). The quantitative estimate of drug-likeness (QED) is 0.0424. The molecule has 4 aromatic carbocycles. The fourth-order valence-electron chi connectivity index (χ4n) is 10.5. The van der Waals surface area contributed by atoms with Gasteiger partial charge in [0.15, 0.2) is 12.1 Å². The van der Waals surface area contributed by atoms with Crippen LogP contribution in [0.4, 0.5) is 0 Å². The van der Waals surface area contributed by atoms with Crippen LogP contribution in [0.15, 0.2) is 108 Å². The molecule has 0 radical (unpaired) electrons. The first-order chi connectivity index (χ1) is 38.7. The van der Waals surface area contributed by atoms with Gasteiger partial charge in [-0.2, -0.15) is 0 Å². The molecule has 3 atom stereocenters. The first-order valence-corrected chi connectivity index (χ1v) is 27.7. The minimum absolute atomic E-state index is 0.0365. The van der Waals surface area contributed by atoms with Crippen LogP contribution in [-0.4, -0.2) is 89.3 Å². The van der Waals surface area contributed by atoms with Gasteiger partial charge in [-0.15, -0.1) is 0 Å². The third-order valence-electron chi connectivity index (χ3n) is 13.7. The van der Waals surface area contributed by atoms with Crippen LogP contribution in [0, 0.1) is 41.5 Å². The lowest BCUT2D eigenvalue weighted by molar-refractivity contribution is -0.158. The Morgan fingerprint density at radius 3 is 1.74 bits per heavy atom. The van der Waals surface area contributed by atoms with Gasteiger partial charge in [-0.1, -0.05) is 59.7 Å². The number of Topliss-reactive ketones (excluding diaryl/α,β-unsaturated/α-hetero) is 2. The predicted octanol–water partition coefficient (Wildman–Crippen LogP) is 12.2. The van der Waals surface area contributed by atoms with Crippen molar-refractivity contribution in [3.63, 3.8) is 0 Å². The molecule has 2 aromatic heterocycles. The van der Waals surface area contributed by atoms with E-state index in [1.165, 1.54) is 11.1 Å². The van der Waals surface area contributed by atoms with Crippen LogP contribution in [0.3, 0.4) is 0 Å². The Balaban J connectivity index is 0.000000209. The SMILES string of the molecule is CCOC(=O)C1=C(COC(C)(C)C)NC2=C(C(=O)OC(c3c(C)cc(C)cc3C)C2)C1c1cccc2[nH]ccc12.CCOC(=O)CC(=O)COC(C)(C)C.Cc1cc(C)c(C2CC(=O)CC(=O)O2)c(C)c1.O=Cc1cccc2[nH]ccc12. The maximum atomic E-state index is 14.0. The molecule has 3 aliphatic heterocycles. The van der Waals surface area contributed by atoms with Gasteiger partial charge in [-0.25, -0.2) is 9.59 Å². The number of H-pyrrole nitrogens is 2. The summed E-state index contributed by atoms with van der Waals surface area (Å²) in [6.07, 6.45) is 4.19. The molecule has 0 saturated carbocycles. The lowest BCUT2D eigenvalue weighted by atomic mass is 9.77. The van der Waals surface area contributed by atoms with Crippen LogP contribution < -0.4 is 5.32 Å². The second-order valence-corrected chi connectivity index (χ2v) is 22.7. The van der Waals surface area contributed by atoms with Crippen LogP contribution in [0.2, 0.25) is 0 Å². The Morgan fingerprint density at radius 2 is 1.21 bits per heavy atom. The smallest absolute Gasteiger partial charge is 0.337 e. The van der Waals surface area contributed by atoms with E-state index in [2.05, 4.69) is 65.1 Å². The Kier molecular flexibility index (Phi) is 21.3. The number of dihydropyridines is 1. The fraction of sp³-hybridized carbons (Fsp3) is 0.409. The molecule has 0 spiro atoms. The predicted molar refractivity (Wildman–Crippen MR) is 314 cm³/mol. The van der Waals surface area contributed by atoms with E-state index < -0.39 is 47.6 Å². The number of aldehydes is 1. The summed E-state index contributed by atoms with van der Waals surface area (Å²) in [5.74, 6) is -2.79. The maximum absolute atomic E-state index is 14.0. The molecule has 3 unspecified atom stereocenters. The molecule has 0 aliphatic carbocycles. The molecule has 5 heterocycles. The van der Waals surface area contributed by atoms with E-state index in [1.807, 2.05) is 123 Å². The summed E-state index contributed by atoms with van der Waals surface area (Å²) in [5.41, 5.74) is 13.5. The van der Waals surface area contributed by atoms with Gasteiger partial charge >= 0.3 is 23.9 Å². The van der Waals surface area contributed by atoms with E-state index in [4.69, 9.17) is 23.7 Å². The molecule has 436 valence electrons. The number of rotatable bonds is 13. The normalized spacial score (nSPS) is 17.0. The van der Waals surface area contributed by atoms with Crippen LogP contribution in [0.25, 0.3) is 21.8 Å². The molecule has 82 heavy (non-hydrogen) atoms. The van der Waals surface area contributed by atoms with Crippen molar-refractivity contribution in [1.29, 1.82) is 0 Å². The average Bonchev–Trinajstić information content (AvgIpc) is 1.75. The summed E-state index contributed by atoms with van der Waals surface area (Å²) in [4.78, 5) is 89.2. The lowest BCUT2D eigenvalue weighted by Crippen LogP contribution is -2.39. The van der Waals surface area contributed by atoms with Gasteiger partial charge in [0.2, 0.25) is 0 Å². The van der Waals surface area contributed by atoms with Crippen molar-refractivity contribution >= 4 is 63.5 Å². The molecule has 3 N–H and O–H groups in total. The first kappa shape index (κ1) is 63.2. The fourth-order valence-corrected chi connectivity index (χ4v) is 10.5.